The number of pyridine rings is 1. The summed E-state index contributed by atoms with van der Waals surface area (Å²) in [4.78, 5) is 5.35. The predicted octanol–water partition coefficient (Wildman–Crippen LogP) is 9.72. The highest BCUT2D eigenvalue weighted by Crippen LogP contribution is 2.57. The number of hydrogen-bond donors (Lipinski definition) is 0. The second-order valence-corrected chi connectivity index (χ2v) is 14.2. The molecule has 0 N–H and O–H groups in total. The molecule has 4 heteroatoms. The summed E-state index contributed by atoms with van der Waals surface area (Å²) < 4.78 is 12.9. The van der Waals surface area contributed by atoms with Gasteiger partial charge >= 0.3 is 7.12 Å². The van der Waals surface area contributed by atoms with E-state index in [9.17, 15) is 0 Å². The monoisotopic (exact) mass is 621 g/mol. The van der Waals surface area contributed by atoms with Crippen molar-refractivity contribution in [2.45, 2.75) is 44.3 Å². The minimum absolute atomic E-state index is 0.417. The van der Waals surface area contributed by atoms with Crippen molar-refractivity contribution in [3.63, 3.8) is 0 Å². The molecular weight excluding hydrogens is 585 g/mol. The Balaban J connectivity index is 1.34. The normalized spacial score (nSPS) is 17.0. The van der Waals surface area contributed by atoms with Crippen LogP contribution >= 0.6 is 0 Å². The third-order valence-electron chi connectivity index (χ3n) is 11.0. The van der Waals surface area contributed by atoms with E-state index >= 15 is 0 Å². The van der Waals surface area contributed by atoms with Gasteiger partial charge in [-0.25, -0.2) is 4.98 Å². The number of fused-ring (bicyclic) bond motifs is 6. The summed E-state index contributed by atoms with van der Waals surface area (Å²) in [7, 11) is -0.449. The van der Waals surface area contributed by atoms with Gasteiger partial charge in [0.2, 0.25) is 0 Å². The maximum atomic E-state index is 6.46. The molecule has 1 fully saturated rings. The van der Waals surface area contributed by atoms with Gasteiger partial charge in [0, 0.05) is 16.3 Å². The summed E-state index contributed by atoms with van der Waals surface area (Å²) in [6.07, 6.45) is 0. The minimum atomic E-state index is -0.468. The molecule has 6 aromatic carbocycles. The Hall–Kier alpha value is -5.03. The number of rotatable bonds is 4. The van der Waals surface area contributed by atoms with Crippen molar-refractivity contribution in [1.29, 1.82) is 0 Å². The SMILES string of the molecule is CC1(C)OB(c2cccc(-c3nc4ccccc4c4cc5c(cc34)-c3ccccc3C5(c3ccccc3)c3ccccc3)c2)OC1(C)C. The fourth-order valence-electron chi connectivity index (χ4n) is 7.92. The molecular formula is C44H36BNO2. The lowest BCUT2D eigenvalue weighted by Gasteiger charge is -2.34. The third-order valence-corrected chi connectivity index (χ3v) is 11.0. The summed E-state index contributed by atoms with van der Waals surface area (Å²) >= 11 is 0. The molecule has 0 unspecified atom stereocenters. The molecule has 0 amide bonds. The Morgan fingerprint density at radius 2 is 1.12 bits per heavy atom. The Labute approximate surface area is 282 Å². The van der Waals surface area contributed by atoms with Gasteiger partial charge in [-0.3, -0.25) is 0 Å². The Morgan fingerprint density at radius 1 is 0.500 bits per heavy atom. The van der Waals surface area contributed by atoms with E-state index in [4.69, 9.17) is 14.3 Å². The van der Waals surface area contributed by atoms with Crippen molar-refractivity contribution in [2.24, 2.45) is 0 Å². The van der Waals surface area contributed by atoms with Crippen molar-refractivity contribution < 1.29 is 9.31 Å². The molecule has 0 saturated carbocycles. The van der Waals surface area contributed by atoms with Gasteiger partial charge in [-0.1, -0.05) is 127 Å². The smallest absolute Gasteiger partial charge is 0.399 e. The average Bonchev–Trinajstić information content (AvgIpc) is 3.53. The first-order valence-electron chi connectivity index (χ1n) is 16.8. The van der Waals surface area contributed by atoms with E-state index in [2.05, 4.69) is 173 Å². The molecule has 2 aliphatic rings. The van der Waals surface area contributed by atoms with Crippen molar-refractivity contribution in [1.82, 2.24) is 4.98 Å². The van der Waals surface area contributed by atoms with Crippen molar-refractivity contribution in [3.05, 3.63) is 168 Å². The Kier molecular flexibility index (Phi) is 6.37. The highest BCUT2D eigenvalue weighted by molar-refractivity contribution is 6.62. The Bertz CT molecular complexity index is 2310. The standard InChI is InChI=1S/C44H36BNO2/c1-42(2)43(3,4)48-45(47-42)32-21-15-16-29(26-32)41-37-27-36-33-22-11-13-24-38(33)44(30-17-7-5-8-18-30,31-19-9-6-10-20-31)39(36)28-35(37)34-23-12-14-25-40(34)46-41/h5-28H,1-4H3. The molecule has 1 saturated heterocycles. The van der Waals surface area contributed by atoms with Gasteiger partial charge < -0.3 is 9.31 Å². The number of hydrogen-bond acceptors (Lipinski definition) is 3. The summed E-state index contributed by atoms with van der Waals surface area (Å²) in [6, 6.07) is 52.8. The zero-order valence-electron chi connectivity index (χ0n) is 27.7. The molecule has 1 aliphatic heterocycles. The number of aromatic nitrogens is 1. The lowest BCUT2D eigenvalue weighted by molar-refractivity contribution is 0.00578. The lowest BCUT2D eigenvalue weighted by Crippen LogP contribution is -2.41. The van der Waals surface area contributed by atoms with Crippen LogP contribution in [0.4, 0.5) is 0 Å². The van der Waals surface area contributed by atoms with Gasteiger partial charge in [-0.2, -0.15) is 0 Å². The third kappa shape index (κ3) is 4.13. The quantitative estimate of drug-likeness (QED) is 0.145. The molecule has 48 heavy (non-hydrogen) atoms. The van der Waals surface area contributed by atoms with Crippen molar-refractivity contribution in [3.8, 4) is 22.4 Å². The zero-order chi connectivity index (χ0) is 32.7. The summed E-state index contributed by atoms with van der Waals surface area (Å²) in [6.45, 7) is 8.38. The van der Waals surface area contributed by atoms with E-state index in [-0.39, 0.29) is 0 Å². The van der Waals surface area contributed by atoms with Crippen LogP contribution < -0.4 is 5.46 Å². The summed E-state index contributed by atoms with van der Waals surface area (Å²) in [5, 5.41) is 3.47. The molecule has 1 aromatic heterocycles. The van der Waals surface area contributed by atoms with Gasteiger partial charge in [0.1, 0.15) is 0 Å². The van der Waals surface area contributed by atoms with E-state index < -0.39 is 23.7 Å². The van der Waals surface area contributed by atoms with E-state index in [1.54, 1.807) is 0 Å². The maximum absolute atomic E-state index is 6.46. The second-order valence-electron chi connectivity index (χ2n) is 14.2. The average molecular weight is 622 g/mol. The van der Waals surface area contributed by atoms with Crippen LogP contribution in [0.25, 0.3) is 44.1 Å². The number of benzene rings is 6. The number of nitrogens with zero attached hydrogens (tertiary/aromatic N) is 1. The molecule has 0 spiro atoms. The molecule has 0 atom stereocenters. The highest BCUT2D eigenvalue weighted by Gasteiger charge is 2.52. The van der Waals surface area contributed by atoms with Gasteiger partial charge in [-0.15, -0.1) is 0 Å². The summed E-state index contributed by atoms with van der Waals surface area (Å²) in [5.74, 6) is 0. The predicted molar refractivity (Wildman–Crippen MR) is 198 cm³/mol. The van der Waals surface area contributed by atoms with Crippen LogP contribution in [0.1, 0.15) is 49.9 Å². The van der Waals surface area contributed by atoms with Crippen LogP contribution in [-0.2, 0) is 14.7 Å². The van der Waals surface area contributed by atoms with Crippen molar-refractivity contribution >= 4 is 34.3 Å². The fourth-order valence-corrected chi connectivity index (χ4v) is 7.92. The van der Waals surface area contributed by atoms with Crippen LogP contribution in [0.15, 0.2) is 146 Å². The minimum Gasteiger partial charge on any atom is -0.399 e. The maximum Gasteiger partial charge on any atom is 0.494 e. The van der Waals surface area contributed by atoms with Crippen molar-refractivity contribution in [2.75, 3.05) is 0 Å². The zero-order valence-corrected chi connectivity index (χ0v) is 27.7. The van der Waals surface area contributed by atoms with Gasteiger partial charge in [-0.05, 0) is 90.1 Å². The van der Waals surface area contributed by atoms with Crippen LogP contribution in [0.2, 0.25) is 0 Å². The first-order chi connectivity index (χ1) is 23.3. The molecule has 2 heterocycles. The lowest BCUT2D eigenvalue weighted by atomic mass is 9.67. The van der Waals surface area contributed by atoms with E-state index in [0.29, 0.717) is 0 Å². The van der Waals surface area contributed by atoms with E-state index in [1.807, 2.05) is 0 Å². The highest BCUT2D eigenvalue weighted by atomic mass is 16.7. The topological polar surface area (TPSA) is 31.4 Å². The van der Waals surface area contributed by atoms with E-state index in [0.717, 1.165) is 33.0 Å². The molecule has 1 aliphatic carbocycles. The largest absolute Gasteiger partial charge is 0.494 e. The van der Waals surface area contributed by atoms with Gasteiger partial charge in [0.05, 0.1) is 27.8 Å². The number of para-hydroxylation sites is 1. The molecule has 3 nitrogen and oxygen atoms in total. The fraction of sp³-hybridized carbons (Fsp3) is 0.159. The van der Waals surface area contributed by atoms with Gasteiger partial charge in [0.15, 0.2) is 0 Å². The van der Waals surface area contributed by atoms with Crippen LogP contribution in [0.3, 0.4) is 0 Å². The van der Waals surface area contributed by atoms with Crippen LogP contribution in [-0.4, -0.2) is 23.3 Å². The molecule has 0 radical (unpaired) electrons. The first-order valence-corrected chi connectivity index (χ1v) is 16.8. The molecule has 0 bridgehead atoms. The Morgan fingerprint density at radius 3 is 1.83 bits per heavy atom. The van der Waals surface area contributed by atoms with Crippen LogP contribution in [0, 0.1) is 0 Å². The molecule has 9 rings (SSSR count). The van der Waals surface area contributed by atoms with E-state index in [1.165, 1.54) is 38.8 Å². The molecule has 232 valence electrons. The molecule has 7 aromatic rings. The second kappa shape index (κ2) is 10.5. The van der Waals surface area contributed by atoms with Gasteiger partial charge in [0.25, 0.3) is 0 Å². The van der Waals surface area contributed by atoms with Crippen LogP contribution in [0.5, 0.6) is 0 Å². The first kappa shape index (κ1) is 29.1. The summed E-state index contributed by atoms with van der Waals surface area (Å²) in [5.41, 5.74) is 10.3.